The first-order valence-corrected chi connectivity index (χ1v) is 11.1. The molecule has 3 aromatic rings. The third kappa shape index (κ3) is 4.93. The van der Waals surface area contributed by atoms with Crippen LogP contribution in [0.5, 0.6) is 11.5 Å². The van der Waals surface area contributed by atoms with Gasteiger partial charge in [-0.2, -0.15) is 4.99 Å². The zero-order valence-corrected chi connectivity index (χ0v) is 19.8. The molecule has 0 N–H and O–H groups in total. The molecular formula is C27H29ClN2O3. The highest BCUT2D eigenvalue weighted by Crippen LogP contribution is 2.41. The summed E-state index contributed by atoms with van der Waals surface area (Å²) >= 11 is 0. The fourth-order valence-corrected chi connectivity index (χ4v) is 4.43. The quantitative estimate of drug-likeness (QED) is 0.463. The van der Waals surface area contributed by atoms with Crippen molar-refractivity contribution in [2.24, 2.45) is 4.99 Å². The maximum absolute atomic E-state index is 6.19. The summed E-state index contributed by atoms with van der Waals surface area (Å²) in [5.74, 6) is 1.56. The number of hydrogen-bond donors (Lipinski definition) is 0. The van der Waals surface area contributed by atoms with E-state index in [1.807, 2.05) is 30.3 Å². The lowest BCUT2D eigenvalue weighted by Gasteiger charge is -2.42. The molecule has 0 aliphatic carbocycles. The van der Waals surface area contributed by atoms with Crippen LogP contribution in [0.1, 0.15) is 34.7 Å². The lowest BCUT2D eigenvalue weighted by atomic mass is 9.90. The SMILES string of the molecule is COc1cc2c(cc1OCc1ccccc1)C1CCO/C(=N\c3ccc(C)cc3)N1CC2.Cl. The number of nitrogens with zero attached hydrogens (tertiary/aromatic N) is 2. The smallest absolute Gasteiger partial charge is 0.293 e. The summed E-state index contributed by atoms with van der Waals surface area (Å²) in [6.45, 7) is 4.11. The van der Waals surface area contributed by atoms with Crippen molar-refractivity contribution in [2.45, 2.75) is 32.4 Å². The number of amidine groups is 1. The molecule has 0 spiro atoms. The average molecular weight is 465 g/mol. The van der Waals surface area contributed by atoms with Gasteiger partial charge < -0.3 is 19.1 Å². The van der Waals surface area contributed by atoms with E-state index in [9.17, 15) is 0 Å². The topological polar surface area (TPSA) is 43.3 Å². The largest absolute Gasteiger partial charge is 0.493 e. The molecule has 2 heterocycles. The number of methoxy groups -OCH3 is 1. The van der Waals surface area contributed by atoms with E-state index < -0.39 is 0 Å². The Morgan fingerprint density at radius 2 is 1.82 bits per heavy atom. The predicted molar refractivity (Wildman–Crippen MR) is 133 cm³/mol. The molecule has 6 heteroatoms. The monoisotopic (exact) mass is 464 g/mol. The molecule has 5 rings (SSSR count). The fourth-order valence-electron chi connectivity index (χ4n) is 4.43. The van der Waals surface area contributed by atoms with E-state index in [2.05, 4.69) is 48.2 Å². The van der Waals surface area contributed by atoms with Crippen molar-refractivity contribution in [3.8, 4) is 11.5 Å². The van der Waals surface area contributed by atoms with Crippen molar-refractivity contribution in [3.05, 3.63) is 89.0 Å². The van der Waals surface area contributed by atoms with Crippen LogP contribution in [0.2, 0.25) is 0 Å². The van der Waals surface area contributed by atoms with Crippen molar-refractivity contribution >= 4 is 24.1 Å². The van der Waals surface area contributed by atoms with Gasteiger partial charge in [0.2, 0.25) is 0 Å². The second-order valence-electron chi connectivity index (χ2n) is 8.30. The highest BCUT2D eigenvalue weighted by atomic mass is 35.5. The minimum Gasteiger partial charge on any atom is -0.493 e. The predicted octanol–water partition coefficient (Wildman–Crippen LogP) is 6.01. The highest BCUT2D eigenvalue weighted by molar-refractivity contribution is 5.85. The molecule has 2 aliphatic heterocycles. The van der Waals surface area contributed by atoms with Gasteiger partial charge in [-0.25, -0.2) is 0 Å². The van der Waals surface area contributed by atoms with Gasteiger partial charge in [-0.05, 0) is 54.3 Å². The minimum absolute atomic E-state index is 0. The summed E-state index contributed by atoms with van der Waals surface area (Å²) in [7, 11) is 1.70. The molecule has 0 amide bonds. The van der Waals surface area contributed by atoms with E-state index in [4.69, 9.17) is 19.2 Å². The number of benzene rings is 3. The lowest BCUT2D eigenvalue weighted by molar-refractivity contribution is 0.118. The molecule has 0 bridgehead atoms. The number of halogens is 1. The zero-order chi connectivity index (χ0) is 21.9. The Kier molecular flexibility index (Phi) is 7.09. The number of hydrogen-bond acceptors (Lipinski definition) is 4. The number of rotatable bonds is 5. The Balaban J connectivity index is 0.00000259. The summed E-state index contributed by atoms with van der Waals surface area (Å²) in [6, 6.07) is 23.6. The molecule has 1 saturated heterocycles. The van der Waals surface area contributed by atoms with E-state index in [0.717, 1.165) is 42.1 Å². The Labute approximate surface area is 201 Å². The zero-order valence-electron chi connectivity index (χ0n) is 19.0. The normalized spacial score (nSPS) is 17.9. The molecule has 172 valence electrons. The minimum atomic E-state index is 0. The first kappa shape index (κ1) is 23.0. The van der Waals surface area contributed by atoms with Crippen LogP contribution in [0, 0.1) is 6.92 Å². The molecule has 0 saturated carbocycles. The van der Waals surface area contributed by atoms with Gasteiger partial charge in [-0.15, -0.1) is 12.4 Å². The summed E-state index contributed by atoms with van der Waals surface area (Å²) in [6.07, 6.45) is 1.84. The van der Waals surface area contributed by atoms with Gasteiger partial charge in [0.15, 0.2) is 11.5 Å². The van der Waals surface area contributed by atoms with Crippen molar-refractivity contribution in [1.82, 2.24) is 4.90 Å². The van der Waals surface area contributed by atoms with Gasteiger partial charge in [0.1, 0.15) is 6.61 Å². The van der Waals surface area contributed by atoms with Gasteiger partial charge in [0.25, 0.3) is 6.02 Å². The van der Waals surface area contributed by atoms with Crippen LogP contribution in [0.15, 0.2) is 71.7 Å². The van der Waals surface area contributed by atoms with Crippen LogP contribution < -0.4 is 9.47 Å². The van der Waals surface area contributed by atoms with Crippen molar-refractivity contribution in [2.75, 3.05) is 20.3 Å². The average Bonchev–Trinajstić information content (AvgIpc) is 2.84. The standard InChI is InChI=1S/C27H28N2O3.ClH/c1-19-8-10-22(11-9-19)28-27-29-14-12-21-16-25(30-2)26(17-23(21)24(29)13-15-31-27)32-18-20-6-4-3-5-7-20;/h3-11,16-17,24H,12-15,18H2,1-2H3;1H/b28-27-;. The molecule has 2 aliphatic rings. The van der Waals surface area contributed by atoms with E-state index in [-0.39, 0.29) is 18.4 Å². The Morgan fingerprint density at radius 3 is 2.58 bits per heavy atom. The second kappa shape index (κ2) is 10.2. The summed E-state index contributed by atoms with van der Waals surface area (Å²) in [5, 5.41) is 0. The molecular weight excluding hydrogens is 436 g/mol. The van der Waals surface area contributed by atoms with E-state index in [1.54, 1.807) is 7.11 Å². The van der Waals surface area contributed by atoms with Gasteiger partial charge in [-0.3, -0.25) is 0 Å². The number of fused-ring (bicyclic) bond motifs is 3. The molecule has 1 fully saturated rings. The van der Waals surface area contributed by atoms with Crippen molar-refractivity contribution in [1.29, 1.82) is 0 Å². The lowest BCUT2D eigenvalue weighted by Crippen LogP contribution is -2.45. The Hall–Kier alpha value is -3.18. The number of aryl methyl sites for hydroxylation is 1. The molecule has 1 unspecified atom stereocenters. The van der Waals surface area contributed by atoms with Gasteiger partial charge in [0.05, 0.1) is 25.4 Å². The third-order valence-electron chi connectivity index (χ3n) is 6.15. The summed E-state index contributed by atoms with van der Waals surface area (Å²) in [5.41, 5.74) is 5.86. The van der Waals surface area contributed by atoms with E-state index in [1.165, 1.54) is 16.7 Å². The van der Waals surface area contributed by atoms with Gasteiger partial charge in [0, 0.05) is 13.0 Å². The van der Waals surface area contributed by atoms with Crippen LogP contribution in [-0.4, -0.2) is 31.2 Å². The first-order chi connectivity index (χ1) is 15.7. The van der Waals surface area contributed by atoms with Gasteiger partial charge >= 0.3 is 0 Å². The first-order valence-electron chi connectivity index (χ1n) is 11.1. The Bertz CT molecular complexity index is 1120. The summed E-state index contributed by atoms with van der Waals surface area (Å²) in [4.78, 5) is 7.10. The van der Waals surface area contributed by atoms with Crippen LogP contribution in [-0.2, 0) is 17.8 Å². The van der Waals surface area contributed by atoms with Crippen LogP contribution in [0.25, 0.3) is 0 Å². The highest BCUT2D eigenvalue weighted by Gasteiger charge is 2.35. The molecule has 0 radical (unpaired) electrons. The molecule has 5 nitrogen and oxygen atoms in total. The maximum atomic E-state index is 6.19. The van der Waals surface area contributed by atoms with Crippen LogP contribution in [0.4, 0.5) is 5.69 Å². The van der Waals surface area contributed by atoms with E-state index in [0.29, 0.717) is 19.2 Å². The second-order valence-corrected chi connectivity index (χ2v) is 8.30. The third-order valence-corrected chi connectivity index (χ3v) is 6.15. The number of ether oxygens (including phenoxy) is 3. The summed E-state index contributed by atoms with van der Waals surface area (Å²) < 4.78 is 17.8. The number of aliphatic imine (C=N–C) groups is 1. The van der Waals surface area contributed by atoms with Crippen molar-refractivity contribution < 1.29 is 14.2 Å². The van der Waals surface area contributed by atoms with Gasteiger partial charge in [-0.1, -0.05) is 48.0 Å². The molecule has 33 heavy (non-hydrogen) atoms. The fraction of sp³-hybridized carbons (Fsp3) is 0.296. The molecule has 0 aromatic heterocycles. The van der Waals surface area contributed by atoms with E-state index >= 15 is 0 Å². The Morgan fingerprint density at radius 1 is 1.03 bits per heavy atom. The maximum Gasteiger partial charge on any atom is 0.293 e. The molecule has 3 aromatic carbocycles. The van der Waals surface area contributed by atoms with Crippen LogP contribution >= 0.6 is 12.4 Å². The van der Waals surface area contributed by atoms with Crippen LogP contribution in [0.3, 0.4) is 0 Å². The van der Waals surface area contributed by atoms with Crippen molar-refractivity contribution in [3.63, 3.8) is 0 Å². The molecule has 1 atom stereocenters.